The molecule has 0 saturated heterocycles. The van der Waals surface area contributed by atoms with Crippen LogP contribution >= 0.6 is 17.0 Å². The maximum absolute atomic E-state index is 5.48. The van der Waals surface area contributed by atoms with Crippen LogP contribution in [0.2, 0.25) is 0 Å². The number of rotatable bonds is 5. The first-order valence-corrected chi connectivity index (χ1v) is 7.84. The molecule has 2 aromatic carbocycles. The van der Waals surface area contributed by atoms with Crippen LogP contribution in [0.1, 0.15) is 35.6 Å². The normalized spacial score (nSPS) is 16.2. The van der Waals surface area contributed by atoms with Gasteiger partial charge in [-0.1, -0.05) is 30.3 Å². The van der Waals surface area contributed by atoms with Gasteiger partial charge in [0.1, 0.15) is 11.5 Å². The summed E-state index contributed by atoms with van der Waals surface area (Å²) < 4.78 is 10.7. The Labute approximate surface area is 148 Å². The van der Waals surface area contributed by atoms with Crippen LogP contribution in [0.3, 0.4) is 0 Å². The number of aryl methyl sites for hydroxylation is 1. The van der Waals surface area contributed by atoms with Gasteiger partial charge in [-0.2, -0.15) is 0 Å². The topological polar surface area (TPSA) is 30.5 Å². The highest BCUT2D eigenvalue weighted by molar-refractivity contribution is 8.93. The van der Waals surface area contributed by atoms with E-state index in [1.54, 1.807) is 14.2 Å². The molecule has 3 nitrogen and oxygen atoms in total. The van der Waals surface area contributed by atoms with Crippen LogP contribution < -0.4 is 14.8 Å². The Kier molecular flexibility index (Phi) is 6.48. The van der Waals surface area contributed by atoms with Crippen LogP contribution in [-0.2, 0) is 13.0 Å². The van der Waals surface area contributed by atoms with Gasteiger partial charge in [0, 0.05) is 24.2 Å². The Bertz CT molecular complexity index is 645. The fourth-order valence-corrected chi connectivity index (χ4v) is 3.20. The van der Waals surface area contributed by atoms with E-state index in [9.17, 15) is 0 Å². The number of benzene rings is 2. The quantitative estimate of drug-likeness (QED) is 0.834. The van der Waals surface area contributed by atoms with Gasteiger partial charge in [-0.25, -0.2) is 0 Å². The summed E-state index contributed by atoms with van der Waals surface area (Å²) in [7, 11) is 3.37. The summed E-state index contributed by atoms with van der Waals surface area (Å²) >= 11 is 0. The first kappa shape index (κ1) is 17.8. The molecule has 1 atom stereocenters. The van der Waals surface area contributed by atoms with Crippen molar-refractivity contribution in [3.8, 4) is 11.5 Å². The van der Waals surface area contributed by atoms with Gasteiger partial charge < -0.3 is 14.8 Å². The first-order valence-electron chi connectivity index (χ1n) is 7.84. The molecule has 1 aliphatic carbocycles. The summed E-state index contributed by atoms with van der Waals surface area (Å²) in [6.45, 7) is 0.798. The zero-order valence-electron chi connectivity index (χ0n) is 13.7. The number of hydrogen-bond acceptors (Lipinski definition) is 3. The molecule has 1 N–H and O–H groups in total. The molecular formula is C19H24BrNO2. The molecule has 1 aliphatic rings. The second-order valence-corrected chi connectivity index (χ2v) is 5.70. The monoisotopic (exact) mass is 377 g/mol. The summed E-state index contributed by atoms with van der Waals surface area (Å²) in [5.74, 6) is 1.69. The van der Waals surface area contributed by atoms with Gasteiger partial charge in [-0.3, -0.25) is 0 Å². The average molecular weight is 378 g/mol. The van der Waals surface area contributed by atoms with Crippen molar-refractivity contribution in [1.82, 2.24) is 5.32 Å². The van der Waals surface area contributed by atoms with Crippen molar-refractivity contribution in [2.45, 2.75) is 31.8 Å². The Morgan fingerprint density at radius 1 is 1.09 bits per heavy atom. The van der Waals surface area contributed by atoms with Crippen LogP contribution in [0, 0.1) is 0 Å². The van der Waals surface area contributed by atoms with Crippen LogP contribution in [0.5, 0.6) is 11.5 Å². The fourth-order valence-electron chi connectivity index (χ4n) is 3.20. The zero-order chi connectivity index (χ0) is 15.4. The van der Waals surface area contributed by atoms with Gasteiger partial charge in [0.05, 0.1) is 14.2 Å². The van der Waals surface area contributed by atoms with Crippen LogP contribution in [0.25, 0.3) is 0 Å². The molecule has 3 rings (SSSR count). The van der Waals surface area contributed by atoms with Crippen molar-refractivity contribution in [3.63, 3.8) is 0 Å². The third-order valence-corrected chi connectivity index (χ3v) is 4.40. The maximum atomic E-state index is 5.48. The Morgan fingerprint density at radius 2 is 1.91 bits per heavy atom. The van der Waals surface area contributed by atoms with E-state index < -0.39 is 0 Å². The van der Waals surface area contributed by atoms with Gasteiger partial charge in [0.25, 0.3) is 0 Å². The van der Waals surface area contributed by atoms with E-state index in [2.05, 4.69) is 35.6 Å². The summed E-state index contributed by atoms with van der Waals surface area (Å²) in [4.78, 5) is 0. The highest BCUT2D eigenvalue weighted by Crippen LogP contribution is 2.31. The highest BCUT2D eigenvalue weighted by Gasteiger charge is 2.19. The molecular weight excluding hydrogens is 354 g/mol. The lowest BCUT2D eigenvalue weighted by atomic mass is 9.87. The highest BCUT2D eigenvalue weighted by atomic mass is 79.9. The average Bonchev–Trinajstić information content (AvgIpc) is 2.59. The lowest BCUT2D eigenvalue weighted by Gasteiger charge is -2.26. The standard InChI is InChI=1S/C19H23NO2.BrH/c1-21-16-11-10-15(19(12-16)22-2)13-20-18-9-5-7-14-6-3-4-8-17(14)18;/h3-4,6,8,10-12,18,20H,5,7,9,13H2,1-2H3;1H. The Morgan fingerprint density at radius 3 is 2.70 bits per heavy atom. The lowest BCUT2D eigenvalue weighted by Crippen LogP contribution is -2.25. The zero-order valence-corrected chi connectivity index (χ0v) is 15.4. The number of ether oxygens (including phenoxy) is 2. The van der Waals surface area contributed by atoms with E-state index >= 15 is 0 Å². The molecule has 0 spiro atoms. The van der Waals surface area contributed by atoms with Gasteiger partial charge >= 0.3 is 0 Å². The van der Waals surface area contributed by atoms with Crippen molar-refractivity contribution in [2.24, 2.45) is 0 Å². The summed E-state index contributed by atoms with van der Waals surface area (Å²) in [6, 6.07) is 15.2. The van der Waals surface area contributed by atoms with E-state index in [-0.39, 0.29) is 17.0 Å². The van der Waals surface area contributed by atoms with Crippen molar-refractivity contribution in [2.75, 3.05) is 14.2 Å². The van der Waals surface area contributed by atoms with E-state index in [4.69, 9.17) is 9.47 Å². The van der Waals surface area contributed by atoms with Gasteiger partial charge in [-0.05, 0) is 36.5 Å². The largest absolute Gasteiger partial charge is 0.497 e. The minimum Gasteiger partial charge on any atom is -0.497 e. The summed E-state index contributed by atoms with van der Waals surface area (Å²) in [6.07, 6.45) is 3.63. The summed E-state index contributed by atoms with van der Waals surface area (Å²) in [5, 5.41) is 3.69. The molecule has 2 aromatic rings. The number of nitrogens with one attached hydrogen (secondary N) is 1. The molecule has 0 aromatic heterocycles. The molecule has 0 heterocycles. The van der Waals surface area contributed by atoms with Crippen LogP contribution in [0.15, 0.2) is 42.5 Å². The number of hydrogen-bond donors (Lipinski definition) is 1. The van der Waals surface area contributed by atoms with E-state index in [0.717, 1.165) is 23.6 Å². The van der Waals surface area contributed by atoms with E-state index in [1.807, 2.05) is 12.1 Å². The molecule has 124 valence electrons. The number of fused-ring (bicyclic) bond motifs is 1. The molecule has 0 saturated carbocycles. The van der Waals surface area contributed by atoms with Crippen LogP contribution in [0.4, 0.5) is 0 Å². The molecule has 0 fully saturated rings. The smallest absolute Gasteiger partial charge is 0.127 e. The molecule has 0 bridgehead atoms. The minimum absolute atomic E-state index is 0. The SMILES string of the molecule is Br.COc1ccc(CNC2CCCc3ccccc32)c(OC)c1. The van der Waals surface area contributed by atoms with Crippen molar-refractivity contribution < 1.29 is 9.47 Å². The molecule has 23 heavy (non-hydrogen) atoms. The Balaban J connectivity index is 0.00000192. The maximum Gasteiger partial charge on any atom is 0.127 e. The molecule has 1 unspecified atom stereocenters. The van der Waals surface area contributed by atoms with Crippen LogP contribution in [-0.4, -0.2) is 14.2 Å². The van der Waals surface area contributed by atoms with Crippen molar-refractivity contribution in [3.05, 3.63) is 59.2 Å². The van der Waals surface area contributed by atoms with E-state index in [1.165, 1.54) is 30.4 Å². The number of halogens is 1. The lowest BCUT2D eigenvalue weighted by molar-refractivity contribution is 0.386. The summed E-state index contributed by atoms with van der Waals surface area (Å²) in [5.41, 5.74) is 4.08. The number of methoxy groups -OCH3 is 2. The predicted octanol–water partition coefficient (Wildman–Crippen LogP) is 4.45. The third kappa shape index (κ3) is 4.06. The second kappa shape index (κ2) is 8.37. The predicted molar refractivity (Wildman–Crippen MR) is 98.8 cm³/mol. The van der Waals surface area contributed by atoms with Gasteiger partial charge in [-0.15, -0.1) is 17.0 Å². The fraction of sp³-hybridized carbons (Fsp3) is 0.368. The van der Waals surface area contributed by atoms with Gasteiger partial charge in [0.15, 0.2) is 0 Å². The molecule has 0 amide bonds. The molecule has 0 aliphatic heterocycles. The van der Waals surface area contributed by atoms with Gasteiger partial charge in [0.2, 0.25) is 0 Å². The van der Waals surface area contributed by atoms with Crippen molar-refractivity contribution >= 4 is 17.0 Å². The Hall–Kier alpha value is -1.52. The van der Waals surface area contributed by atoms with E-state index in [0.29, 0.717) is 6.04 Å². The molecule has 0 radical (unpaired) electrons. The second-order valence-electron chi connectivity index (χ2n) is 5.70. The first-order chi connectivity index (χ1) is 10.8. The van der Waals surface area contributed by atoms with Crippen molar-refractivity contribution in [1.29, 1.82) is 0 Å². The molecule has 4 heteroatoms. The third-order valence-electron chi connectivity index (χ3n) is 4.40. The minimum atomic E-state index is 0.